The van der Waals surface area contributed by atoms with Crippen molar-refractivity contribution >= 4 is 36.2 Å². The Balaban J connectivity index is 0.00000423. The minimum Gasteiger partial charge on any atom is -0.678 e. The van der Waals surface area contributed by atoms with E-state index in [9.17, 15) is 19.8 Å². The number of carboxylic acids is 2. The predicted molar refractivity (Wildman–Crippen MR) is 163 cm³/mol. The van der Waals surface area contributed by atoms with Gasteiger partial charge in [0, 0.05) is 12.8 Å². The fraction of sp³-hybridized carbons (Fsp3) is 0.412. The molecule has 2 N–H and O–H groups in total. The molecule has 43 heavy (non-hydrogen) atoms. The van der Waals surface area contributed by atoms with E-state index in [0.717, 1.165) is 68.1 Å². The Bertz CT molecular complexity index is 1850. The Kier molecular flexibility index (Phi) is 9.67. The Hall–Kier alpha value is -3.68. The first-order chi connectivity index (χ1) is 20.0. The van der Waals surface area contributed by atoms with E-state index < -0.39 is 11.9 Å². The first-order valence-electron chi connectivity index (χ1n) is 14.7. The van der Waals surface area contributed by atoms with Crippen LogP contribution >= 0.6 is 0 Å². The zero-order valence-corrected chi connectivity index (χ0v) is 26.7. The smallest absolute Gasteiger partial charge is 0.678 e. The summed E-state index contributed by atoms with van der Waals surface area (Å²) in [5, 5.41) is 27.3. The molecule has 9 heteroatoms. The van der Waals surface area contributed by atoms with Crippen molar-refractivity contribution in [3.8, 4) is 0 Å². The summed E-state index contributed by atoms with van der Waals surface area (Å²) < 4.78 is 0. The van der Waals surface area contributed by atoms with Crippen LogP contribution in [-0.2, 0) is 45.9 Å². The summed E-state index contributed by atoms with van der Waals surface area (Å²) in [6, 6.07) is -0.0906. The van der Waals surface area contributed by atoms with Crippen LogP contribution in [0.4, 0.5) is 0 Å². The molecule has 0 saturated heterocycles. The van der Waals surface area contributed by atoms with Gasteiger partial charge in [0.2, 0.25) is 0 Å². The average Bonchev–Trinajstić information content (AvgIpc) is 3.59. The Morgan fingerprint density at radius 2 is 1.30 bits per heavy atom. The van der Waals surface area contributed by atoms with E-state index in [4.69, 9.17) is 20.3 Å². The number of hydrogen-bond acceptors (Lipinski definition) is 2. The van der Waals surface area contributed by atoms with E-state index in [1.807, 2.05) is 26.0 Å². The van der Waals surface area contributed by atoms with Gasteiger partial charge in [-0.15, -0.1) is 44.6 Å². The first-order valence-corrected chi connectivity index (χ1v) is 14.7. The summed E-state index contributed by atoms with van der Waals surface area (Å²) in [5.41, 5.74) is 9.48. The molecule has 2 unspecified atom stereocenters. The van der Waals surface area contributed by atoms with Crippen LogP contribution in [0.1, 0.15) is 84.8 Å². The van der Waals surface area contributed by atoms with Crippen molar-refractivity contribution in [1.29, 1.82) is 0 Å². The molecule has 0 amide bonds. The van der Waals surface area contributed by atoms with Crippen molar-refractivity contribution in [2.24, 2.45) is 5.92 Å². The number of nitrogens with zero attached hydrogens (tertiary/aromatic N) is 4. The molecule has 0 aromatic carbocycles. The van der Waals surface area contributed by atoms with Crippen molar-refractivity contribution in [3.63, 3.8) is 0 Å². The molecule has 5 rings (SSSR count). The normalized spacial score (nSPS) is 20.4. The van der Waals surface area contributed by atoms with E-state index in [-0.39, 0.29) is 41.9 Å². The Morgan fingerprint density at radius 3 is 1.93 bits per heavy atom. The van der Waals surface area contributed by atoms with Crippen LogP contribution in [0.5, 0.6) is 0 Å². The van der Waals surface area contributed by atoms with Crippen molar-refractivity contribution in [3.05, 3.63) is 82.8 Å². The van der Waals surface area contributed by atoms with Gasteiger partial charge in [-0.1, -0.05) is 83.5 Å². The molecule has 2 aliphatic heterocycles. The second-order valence-electron chi connectivity index (χ2n) is 11.4. The largest absolute Gasteiger partial charge is 4.00 e. The summed E-state index contributed by atoms with van der Waals surface area (Å²) in [7, 11) is 0. The van der Waals surface area contributed by atoms with Crippen molar-refractivity contribution in [1.82, 2.24) is 15.0 Å². The van der Waals surface area contributed by atoms with Crippen LogP contribution < -0.4 is 36.3 Å². The summed E-state index contributed by atoms with van der Waals surface area (Å²) in [6.07, 6.45) is 10.5. The molecule has 2 aliphatic rings. The van der Waals surface area contributed by atoms with Gasteiger partial charge in [-0.05, 0) is 52.9 Å². The molecule has 3 aromatic heterocycles. The maximum absolute atomic E-state index is 11.5. The topological polar surface area (TPSA) is 131 Å². The molecule has 8 nitrogen and oxygen atoms in total. The van der Waals surface area contributed by atoms with E-state index in [1.54, 1.807) is 0 Å². The van der Waals surface area contributed by atoms with Gasteiger partial charge < -0.3 is 30.5 Å². The minimum absolute atomic E-state index is 0. The molecule has 3 aromatic rings. The average molecular weight is 623 g/mol. The summed E-state index contributed by atoms with van der Waals surface area (Å²) in [6.45, 7) is 12.5. The predicted octanol–water partition coefficient (Wildman–Crippen LogP) is 2.37. The van der Waals surface area contributed by atoms with Gasteiger partial charge in [-0.25, -0.2) is 0 Å². The molecule has 8 bridgehead atoms. The molecule has 0 spiro atoms. The van der Waals surface area contributed by atoms with Crippen molar-refractivity contribution < 1.29 is 36.9 Å². The molecule has 0 radical (unpaired) electrons. The van der Waals surface area contributed by atoms with Crippen molar-refractivity contribution in [2.75, 3.05) is 0 Å². The number of carboxylic acid groups (broad SMARTS) is 2. The fourth-order valence-electron chi connectivity index (χ4n) is 6.43. The molecule has 0 saturated carbocycles. The number of aliphatic carboxylic acids is 2. The monoisotopic (exact) mass is 622 g/mol. The molecule has 0 aliphatic carbocycles. The van der Waals surface area contributed by atoms with Crippen LogP contribution in [0.2, 0.25) is 0 Å². The van der Waals surface area contributed by atoms with Crippen molar-refractivity contribution in [2.45, 2.75) is 86.1 Å². The quantitative estimate of drug-likeness (QED) is 0.369. The van der Waals surface area contributed by atoms with Crippen LogP contribution in [0.25, 0.3) is 29.6 Å². The zero-order valence-electron chi connectivity index (χ0n) is 25.6. The number of rotatable bonds is 8. The van der Waals surface area contributed by atoms with Gasteiger partial charge in [-0.2, -0.15) is 0 Å². The number of allylic oxidation sites excluding steroid dienone is 1. The first kappa shape index (κ1) is 32.2. The SMILES string of the molecule is CCc1c(C)/c2[n-]/c1=C\C1=C(C)C(CC)C(/C=c3\[n-]/c(c(CCC(=O)O)c3C)=C\c3[n-]c(c(C)c3CCC(=O)O)\C=2)[N-]1.[Fe+4]. The summed E-state index contributed by atoms with van der Waals surface area (Å²) in [5.74, 6) is -1.51. The maximum Gasteiger partial charge on any atom is 4.00 e. The van der Waals surface area contributed by atoms with E-state index in [0.29, 0.717) is 23.9 Å². The van der Waals surface area contributed by atoms with Gasteiger partial charge >= 0.3 is 29.0 Å². The summed E-state index contributed by atoms with van der Waals surface area (Å²) in [4.78, 5) is 38.1. The number of aromatic nitrogens is 3. The van der Waals surface area contributed by atoms with E-state index >= 15 is 0 Å². The molecular formula is C34H38FeN4O4. The van der Waals surface area contributed by atoms with E-state index in [2.05, 4.69) is 39.8 Å². The van der Waals surface area contributed by atoms with Gasteiger partial charge in [-0.3, -0.25) is 9.59 Å². The summed E-state index contributed by atoms with van der Waals surface area (Å²) >= 11 is 0. The third-order valence-electron chi connectivity index (χ3n) is 8.94. The van der Waals surface area contributed by atoms with Gasteiger partial charge in [0.1, 0.15) is 0 Å². The number of fused-ring (bicyclic) bond motifs is 8. The molecule has 2 atom stereocenters. The molecule has 5 heterocycles. The van der Waals surface area contributed by atoms with Crippen LogP contribution in [-0.4, -0.2) is 28.2 Å². The second kappa shape index (κ2) is 12.9. The van der Waals surface area contributed by atoms with Gasteiger partial charge in [0.25, 0.3) is 0 Å². The second-order valence-corrected chi connectivity index (χ2v) is 11.4. The van der Waals surface area contributed by atoms with Crippen LogP contribution in [0.15, 0.2) is 11.3 Å². The standard InChI is InChI=1S/C34H38N4O4.Fe/c1-7-21-17(3)25-13-26-19(5)23(9-11-33(39)40)31(37-26)16-32-24(10-12-34(41)42)20(6)28(38-32)15-30-22(8-2)18(4)27(36-30)14-29(21)35-25;/h13-16,22,30H,7-12H2,1-6H3,(H,39,40)(H,41,42);/q-4;+4/b25-13-,28-15-,29-14-,32-16-;. The van der Waals surface area contributed by atoms with E-state index in [1.165, 1.54) is 11.1 Å². The maximum atomic E-state index is 11.5. The third kappa shape index (κ3) is 6.20. The molecule has 0 fully saturated rings. The molecule has 226 valence electrons. The minimum atomic E-state index is -0.873. The van der Waals surface area contributed by atoms with Gasteiger partial charge in [0.05, 0.1) is 0 Å². The number of hydrogen-bond donors (Lipinski definition) is 2. The molecular weight excluding hydrogens is 584 g/mol. The third-order valence-corrected chi connectivity index (χ3v) is 8.94. The van der Waals surface area contributed by atoms with Crippen LogP contribution in [0.3, 0.4) is 0 Å². The van der Waals surface area contributed by atoms with Crippen LogP contribution in [0, 0.1) is 26.7 Å². The fourth-order valence-corrected chi connectivity index (χ4v) is 6.43. The zero-order chi connectivity index (χ0) is 30.3. The Morgan fingerprint density at radius 1 is 0.721 bits per heavy atom. The van der Waals surface area contributed by atoms with Gasteiger partial charge in [0.15, 0.2) is 0 Å². The number of carbonyl (C=O) groups is 2. The Labute approximate surface area is 262 Å².